The SMILES string of the molecule is NCc1cc(Cl)ccc1S(N)(=O)=O. The Bertz CT molecular complexity index is 417. The lowest BCUT2D eigenvalue weighted by Crippen LogP contribution is -2.15. The molecule has 4 nitrogen and oxygen atoms in total. The standard InChI is InChI=1S/C7H9ClN2O2S/c8-6-1-2-7(13(10,11)12)5(3-6)4-9/h1-3H,4,9H2,(H2,10,11,12). The number of nitrogens with two attached hydrogens (primary N) is 2. The summed E-state index contributed by atoms with van der Waals surface area (Å²) in [5.74, 6) is 0. The monoisotopic (exact) mass is 220 g/mol. The van der Waals surface area contributed by atoms with Crippen LogP contribution in [-0.4, -0.2) is 8.42 Å². The minimum Gasteiger partial charge on any atom is -0.326 e. The highest BCUT2D eigenvalue weighted by molar-refractivity contribution is 7.89. The van der Waals surface area contributed by atoms with Crippen molar-refractivity contribution in [2.24, 2.45) is 10.9 Å². The number of primary sulfonamides is 1. The van der Waals surface area contributed by atoms with Gasteiger partial charge in [-0.05, 0) is 23.8 Å². The zero-order valence-corrected chi connectivity index (χ0v) is 8.27. The van der Waals surface area contributed by atoms with Crippen molar-refractivity contribution in [3.63, 3.8) is 0 Å². The van der Waals surface area contributed by atoms with Crippen molar-refractivity contribution in [2.75, 3.05) is 0 Å². The smallest absolute Gasteiger partial charge is 0.238 e. The van der Waals surface area contributed by atoms with Crippen LogP contribution in [-0.2, 0) is 16.6 Å². The van der Waals surface area contributed by atoms with Gasteiger partial charge >= 0.3 is 0 Å². The van der Waals surface area contributed by atoms with Crippen molar-refractivity contribution in [1.29, 1.82) is 0 Å². The van der Waals surface area contributed by atoms with Gasteiger partial charge in [0.05, 0.1) is 4.90 Å². The molecule has 0 aliphatic rings. The summed E-state index contributed by atoms with van der Waals surface area (Å²) in [6, 6.07) is 4.29. The van der Waals surface area contributed by atoms with Gasteiger partial charge in [0.25, 0.3) is 0 Å². The van der Waals surface area contributed by atoms with E-state index < -0.39 is 10.0 Å². The molecule has 0 unspecified atom stereocenters. The first-order chi connectivity index (χ1) is 5.95. The molecule has 4 N–H and O–H groups in total. The second-order valence-corrected chi connectivity index (χ2v) is 4.47. The molecule has 0 aliphatic carbocycles. The van der Waals surface area contributed by atoms with Gasteiger partial charge in [0, 0.05) is 11.6 Å². The molecule has 0 aliphatic heterocycles. The first-order valence-electron chi connectivity index (χ1n) is 3.46. The van der Waals surface area contributed by atoms with E-state index in [-0.39, 0.29) is 11.4 Å². The molecule has 0 bridgehead atoms. The Morgan fingerprint density at radius 1 is 1.38 bits per heavy atom. The van der Waals surface area contributed by atoms with E-state index in [1.807, 2.05) is 0 Å². The van der Waals surface area contributed by atoms with Crippen LogP contribution in [0.4, 0.5) is 0 Å². The number of rotatable bonds is 2. The minimum atomic E-state index is -3.70. The van der Waals surface area contributed by atoms with Crippen LogP contribution in [0.15, 0.2) is 23.1 Å². The van der Waals surface area contributed by atoms with Crippen LogP contribution in [0.25, 0.3) is 0 Å². The second-order valence-electron chi connectivity index (χ2n) is 2.50. The number of hydrogen-bond acceptors (Lipinski definition) is 3. The summed E-state index contributed by atoms with van der Waals surface area (Å²) in [6.07, 6.45) is 0. The van der Waals surface area contributed by atoms with Gasteiger partial charge in [-0.3, -0.25) is 0 Å². The van der Waals surface area contributed by atoms with Gasteiger partial charge in [-0.1, -0.05) is 11.6 Å². The van der Waals surface area contributed by atoms with Gasteiger partial charge in [-0.2, -0.15) is 0 Å². The molecule has 1 aromatic rings. The molecule has 0 saturated heterocycles. The molecule has 0 aromatic heterocycles. The van der Waals surface area contributed by atoms with Crippen LogP contribution in [0.2, 0.25) is 5.02 Å². The Morgan fingerprint density at radius 3 is 2.46 bits per heavy atom. The van der Waals surface area contributed by atoms with E-state index in [9.17, 15) is 8.42 Å². The third-order valence-electron chi connectivity index (χ3n) is 1.55. The van der Waals surface area contributed by atoms with Gasteiger partial charge in [0.1, 0.15) is 0 Å². The molecule has 0 radical (unpaired) electrons. The van der Waals surface area contributed by atoms with Crippen LogP contribution in [0.3, 0.4) is 0 Å². The predicted molar refractivity (Wildman–Crippen MR) is 50.7 cm³/mol. The third-order valence-corrected chi connectivity index (χ3v) is 2.80. The lowest BCUT2D eigenvalue weighted by Gasteiger charge is -2.04. The molecule has 1 aromatic carbocycles. The molecule has 0 saturated carbocycles. The fraction of sp³-hybridized carbons (Fsp3) is 0.143. The fourth-order valence-electron chi connectivity index (χ4n) is 0.985. The molecule has 0 heterocycles. The molecule has 0 fully saturated rings. The highest BCUT2D eigenvalue weighted by atomic mass is 35.5. The Kier molecular flexibility index (Phi) is 2.92. The maximum atomic E-state index is 11.0. The van der Waals surface area contributed by atoms with Crippen LogP contribution in [0.5, 0.6) is 0 Å². The van der Waals surface area contributed by atoms with Crippen LogP contribution in [0.1, 0.15) is 5.56 Å². The first kappa shape index (κ1) is 10.5. The summed E-state index contributed by atoms with van der Waals surface area (Å²) in [6.45, 7) is 0.0896. The molecular weight excluding hydrogens is 212 g/mol. The molecule has 72 valence electrons. The Labute approximate surface area is 81.5 Å². The van der Waals surface area contributed by atoms with Gasteiger partial charge in [0.2, 0.25) is 10.0 Å². The summed E-state index contributed by atoms with van der Waals surface area (Å²) in [7, 11) is -3.70. The van der Waals surface area contributed by atoms with E-state index in [0.717, 1.165) is 0 Å². The van der Waals surface area contributed by atoms with Crippen molar-refractivity contribution in [3.05, 3.63) is 28.8 Å². The van der Waals surface area contributed by atoms with Crippen LogP contribution < -0.4 is 10.9 Å². The van der Waals surface area contributed by atoms with Gasteiger partial charge in [-0.25, -0.2) is 13.6 Å². The summed E-state index contributed by atoms with van der Waals surface area (Å²) >= 11 is 5.65. The van der Waals surface area contributed by atoms with Gasteiger partial charge in [0.15, 0.2) is 0 Å². The van der Waals surface area contributed by atoms with Crippen LogP contribution >= 0.6 is 11.6 Å². The van der Waals surface area contributed by atoms with E-state index in [0.29, 0.717) is 10.6 Å². The second kappa shape index (κ2) is 3.63. The minimum absolute atomic E-state index is 0.0272. The average Bonchev–Trinajstić information content (AvgIpc) is 2.01. The number of hydrogen-bond donors (Lipinski definition) is 2. The zero-order valence-electron chi connectivity index (χ0n) is 6.70. The molecule has 13 heavy (non-hydrogen) atoms. The lowest BCUT2D eigenvalue weighted by atomic mass is 10.2. The van der Waals surface area contributed by atoms with Crippen molar-refractivity contribution < 1.29 is 8.42 Å². The number of halogens is 1. The Morgan fingerprint density at radius 2 is 2.00 bits per heavy atom. The normalized spacial score (nSPS) is 11.6. The Balaban J connectivity index is 3.39. The summed E-state index contributed by atoms with van der Waals surface area (Å²) in [5, 5.41) is 5.39. The summed E-state index contributed by atoms with van der Waals surface area (Å²) in [4.78, 5) is 0.0272. The molecule has 0 atom stereocenters. The van der Waals surface area contributed by atoms with E-state index >= 15 is 0 Å². The van der Waals surface area contributed by atoms with E-state index in [1.54, 1.807) is 0 Å². The predicted octanol–water partition coefficient (Wildman–Crippen LogP) is 0.446. The maximum absolute atomic E-state index is 11.0. The van der Waals surface area contributed by atoms with Crippen molar-refractivity contribution in [2.45, 2.75) is 11.4 Å². The molecule has 1 rings (SSSR count). The molecule has 6 heteroatoms. The number of sulfonamides is 1. The van der Waals surface area contributed by atoms with E-state index in [2.05, 4.69) is 0 Å². The van der Waals surface area contributed by atoms with Crippen LogP contribution in [0, 0.1) is 0 Å². The quantitative estimate of drug-likeness (QED) is 0.759. The zero-order chi connectivity index (χ0) is 10.1. The van der Waals surface area contributed by atoms with Crippen molar-refractivity contribution >= 4 is 21.6 Å². The topological polar surface area (TPSA) is 86.2 Å². The largest absolute Gasteiger partial charge is 0.326 e. The van der Waals surface area contributed by atoms with E-state index in [4.69, 9.17) is 22.5 Å². The lowest BCUT2D eigenvalue weighted by molar-refractivity contribution is 0.596. The first-order valence-corrected chi connectivity index (χ1v) is 5.39. The van der Waals surface area contributed by atoms with Crippen molar-refractivity contribution in [1.82, 2.24) is 0 Å². The average molecular weight is 221 g/mol. The maximum Gasteiger partial charge on any atom is 0.238 e. The Hall–Kier alpha value is -0.620. The highest BCUT2D eigenvalue weighted by Gasteiger charge is 2.12. The molecular formula is C7H9ClN2O2S. The molecule has 0 spiro atoms. The van der Waals surface area contributed by atoms with E-state index in [1.165, 1.54) is 18.2 Å². The number of benzene rings is 1. The molecule has 0 amide bonds. The van der Waals surface area contributed by atoms with Gasteiger partial charge < -0.3 is 5.73 Å². The summed E-state index contributed by atoms with van der Waals surface area (Å²) in [5.41, 5.74) is 5.76. The summed E-state index contributed by atoms with van der Waals surface area (Å²) < 4.78 is 22.0. The fourth-order valence-corrected chi connectivity index (χ4v) is 1.95. The van der Waals surface area contributed by atoms with Crippen molar-refractivity contribution in [3.8, 4) is 0 Å². The highest BCUT2D eigenvalue weighted by Crippen LogP contribution is 2.18. The van der Waals surface area contributed by atoms with Gasteiger partial charge in [-0.15, -0.1) is 0 Å². The third kappa shape index (κ3) is 2.41.